The average molecular weight is 288 g/mol. The van der Waals surface area contributed by atoms with Gasteiger partial charge < -0.3 is 14.4 Å². The zero-order chi connectivity index (χ0) is 13.3. The van der Waals surface area contributed by atoms with Crippen LogP contribution in [-0.4, -0.2) is 29.4 Å². The Hall–Kier alpha value is -1.23. The molecular formula is C12H11Cl2NO3. The van der Waals surface area contributed by atoms with E-state index in [1.807, 2.05) is 0 Å². The molecule has 0 atom stereocenters. The lowest BCUT2D eigenvalue weighted by Crippen LogP contribution is -2.05. The van der Waals surface area contributed by atoms with Gasteiger partial charge in [-0.05, 0) is 6.07 Å². The van der Waals surface area contributed by atoms with E-state index in [1.54, 1.807) is 29.9 Å². The second-order valence-corrected chi connectivity index (χ2v) is 4.52. The number of halogens is 2. The Morgan fingerprint density at radius 2 is 2.17 bits per heavy atom. The molecule has 2 rings (SSSR count). The monoisotopic (exact) mass is 287 g/mol. The fraction of sp³-hybridized carbons (Fsp3) is 0.250. The highest BCUT2D eigenvalue weighted by molar-refractivity contribution is 6.39. The third kappa shape index (κ3) is 2.07. The Morgan fingerprint density at radius 1 is 1.44 bits per heavy atom. The fourth-order valence-corrected chi connectivity index (χ4v) is 2.56. The van der Waals surface area contributed by atoms with Gasteiger partial charge >= 0.3 is 5.97 Å². The molecule has 0 fully saturated rings. The van der Waals surface area contributed by atoms with Gasteiger partial charge in [-0.1, -0.05) is 35.3 Å². The van der Waals surface area contributed by atoms with Crippen molar-refractivity contribution in [2.24, 2.45) is 0 Å². The topological polar surface area (TPSA) is 51.5 Å². The second-order valence-electron chi connectivity index (χ2n) is 3.75. The Balaban J connectivity index is 2.75. The highest BCUT2D eigenvalue weighted by atomic mass is 35.5. The van der Waals surface area contributed by atoms with Crippen molar-refractivity contribution < 1.29 is 14.6 Å². The van der Waals surface area contributed by atoms with Gasteiger partial charge in [0.2, 0.25) is 0 Å². The third-order valence-corrected chi connectivity index (χ3v) is 3.40. The lowest BCUT2D eigenvalue weighted by Gasteiger charge is -2.07. The summed E-state index contributed by atoms with van der Waals surface area (Å²) in [6, 6.07) is 5.10. The Labute approximate surface area is 114 Å². The molecule has 1 aromatic heterocycles. The summed E-state index contributed by atoms with van der Waals surface area (Å²) >= 11 is 12.2. The molecule has 1 heterocycles. The number of ether oxygens (including phenoxy) is 1. The van der Waals surface area contributed by atoms with Crippen molar-refractivity contribution in [3.05, 3.63) is 33.9 Å². The van der Waals surface area contributed by atoms with Crippen LogP contribution < -0.4 is 0 Å². The standard InChI is InChI=1S/C12H11Cl2NO3/c1-18-6-5-15-10-7(3-2-4-8(10)13)9(11(15)14)12(16)17/h2-4H,5-6H2,1H3,(H,16,17). The molecule has 6 heteroatoms. The molecule has 4 nitrogen and oxygen atoms in total. The number of fused-ring (bicyclic) bond motifs is 1. The first kappa shape index (κ1) is 13.2. The van der Waals surface area contributed by atoms with Gasteiger partial charge in [-0.2, -0.15) is 0 Å². The fourth-order valence-electron chi connectivity index (χ4n) is 1.93. The first-order chi connectivity index (χ1) is 8.57. The Morgan fingerprint density at radius 3 is 2.78 bits per heavy atom. The highest BCUT2D eigenvalue weighted by Gasteiger charge is 2.22. The number of hydrogen-bond donors (Lipinski definition) is 1. The van der Waals surface area contributed by atoms with Gasteiger partial charge in [0.25, 0.3) is 0 Å². The van der Waals surface area contributed by atoms with Crippen LogP contribution in [0.15, 0.2) is 18.2 Å². The van der Waals surface area contributed by atoms with Crippen molar-refractivity contribution in [1.29, 1.82) is 0 Å². The molecule has 0 aliphatic rings. The average Bonchev–Trinajstić information content (AvgIpc) is 2.60. The molecule has 0 aliphatic heterocycles. The number of carboxylic acids is 1. The van der Waals surface area contributed by atoms with E-state index in [4.69, 9.17) is 27.9 Å². The summed E-state index contributed by atoms with van der Waals surface area (Å²) < 4.78 is 6.65. The van der Waals surface area contributed by atoms with E-state index in [1.165, 1.54) is 0 Å². The summed E-state index contributed by atoms with van der Waals surface area (Å²) in [5.41, 5.74) is 0.698. The lowest BCUT2D eigenvalue weighted by atomic mass is 10.2. The Kier molecular flexibility index (Phi) is 3.80. The summed E-state index contributed by atoms with van der Waals surface area (Å²) in [6.45, 7) is 0.872. The molecule has 18 heavy (non-hydrogen) atoms. The van der Waals surface area contributed by atoms with Crippen LogP contribution >= 0.6 is 23.2 Å². The molecule has 2 aromatic rings. The van der Waals surface area contributed by atoms with E-state index in [0.717, 1.165) is 0 Å². The number of hydrogen-bond acceptors (Lipinski definition) is 2. The van der Waals surface area contributed by atoms with Crippen molar-refractivity contribution in [3.8, 4) is 0 Å². The van der Waals surface area contributed by atoms with Crippen LogP contribution in [-0.2, 0) is 11.3 Å². The second kappa shape index (κ2) is 5.18. The van der Waals surface area contributed by atoms with Crippen LogP contribution in [0.5, 0.6) is 0 Å². The predicted molar refractivity (Wildman–Crippen MR) is 70.8 cm³/mol. The SMILES string of the molecule is COCCn1c(Cl)c(C(=O)O)c2cccc(Cl)c21. The maximum Gasteiger partial charge on any atom is 0.339 e. The van der Waals surface area contributed by atoms with Crippen LogP contribution in [0.3, 0.4) is 0 Å². The number of carbonyl (C=O) groups is 1. The summed E-state index contributed by atoms with van der Waals surface area (Å²) in [5, 5.41) is 10.4. The minimum Gasteiger partial charge on any atom is -0.478 e. The number of para-hydroxylation sites is 1. The zero-order valence-corrected chi connectivity index (χ0v) is 11.1. The maximum atomic E-state index is 11.3. The van der Waals surface area contributed by atoms with E-state index in [0.29, 0.717) is 29.1 Å². The molecule has 0 bridgehead atoms. The van der Waals surface area contributed by atoms with Gasteiger partial charge in [0, 0.05) is 19.0 Å². The molecule has 0 radical (unpaired) electrons. The molecule has 96 valence electrons. The van der Waals surface area contributed by atoms with Gasteiger partial charge in [-0.25, -0.2) is 4.79 Å². The van der Waals surface area contributed by atoms with E-state index < -0.39 is 5.97 Å². The number of benzene rings is 1. The molecule has 0 unspecified atom stereocenters. The van der Waals surface area contributed by atoms with E-state index in [9.17, 15) is 9.90 Å². The zero-order valence-electron chi connectivity index (χ0n) is 9.61. The summed E-state index contributed by atoms with van der Waals surface area (Å²) in [6.07, 6.45) is 0. The van der Waals surface area contributed by atoms with Gasteiger partial charge in [0.15, 0.2) is 0 Å². The number of nitrogens with zero attached hydrogens (tertiary/aromatic N) is 1. The number of methoxy groups -OCH3 is 1. The first-order valence-electron chi connectivity index (χ1n) is 5.26. The first-order valence-corrected chi connectivity index (χ1v) is 6.02. The summed E-state index contributed by atoms with van der Waals surface area (Å²) in [7, 11) is 1.57. The third-order valence-electron chi connectivity index (χ3n) is 2.70. The van der Waals surface area contributed by atoms with Gasteiger partial charge in [0.05, 0.1) is 17.1 Å². The van der Waals surface area contributed by atoms with Crippen LogP contribution in [0.25, 0.3) is 10.9 Å². The quantitative estimate of drug-likeness (QED) is 0.939. The minimum atomic E-state index is -1.07. The van der Waals surface area contributed by atoms with Crippen LogP contribution in [0.2, 0.25) is 10.2 Å². The lowest BCUT2D eigenvalue weighted by molar-refractivity contribution is 0.0699. The van der Waals surface area contributed by atoms with E-state index >= 15 is 0 Å². The molecule has 0 aliphatic carbocycles. The minimum absolute atomic E-state index is 0.0743. The molecule has 1 aromatic carbocycles. The molecule has 0 spiro atoms. The Bertz CT molecular complexity index is 607. The van der Waals surface area contributed by atoms with E-state index in [-0.39, 0.29) is 10.7 Å². The molecule has 0 amide bonds. The predicted octanol–water partition coefficient (Wildman–Crippen LogP) is 3.29. The van der Waals surface area contributed by atoms with Crippen molar-refractivity contribution in [3.63, 3.8) is 0 Å². The molecular weight excluding hydrogens is 277 g/mol. The molecule has 0 saturated carbocycles. The number of rotatable bonds is 4. The smallest absolute Gasteiger partial charge is 0.339 e. The van der Waals surface area contributed by atoms with Crippen LogP contribution in [0, 0.1) is 0 Å². The van der Waals surface area contributed by atoms with Gasteiger partial charge in [-0.15, -0.1) is 0 Å². The highest BCUT2D eigenvalue weighted by Crippen LogP contribution is 2.34. The normalized spacial score (nSPS) is 11.1. The van der Waals surface area contributed by atoms with E-state index in [2.05, 4.69) is 0 Å². The van der Waals surface area contributed by atoms with Gasteiger partial charge in [-0.3, -0.25) is 0 Å². The largest absolute Gasteiger partial charge is 0.478 e. The number of aromatic carboxylic acids is 1. The van der Waals surface area contributed by atoms with Gasteiger partial charge in [0.1, 0.15) is 10.7 Å². The van der Waals surface area contributed by atoms with Crippen molar-refractivity contribution in [2.45, 2.75) is 6.54 Å². The molecule has 1 N–H and O–H groups in total. The van der Waals surface area contributed by atoms with Crippen LogP contribution in [0.4, 0.5) is 0 Å². The van der Waals surface area contributed by atoms with Crippen LogP contribution in [0.1, 0.15) is 10.4 Å². The van der Waals surface area contributed by atoms with Crippen molar-refractivity contribution in [1.82, 2.24) is 4.57 Å². The van der Waals surface area contributed by atoms with Crippen molar-refractivity contribution in [2.75, 3.05) is 13.7 Å². The maximum absolute atomic E-state index is 11.3. The summed E-state index contributed by atoms with van der Waals surface area (Å²) in [4.78, 5) is 11.3. The summed E-state index contributed by atoms with van der Waals surface area (Å²) in [5.74, 6) is -1.07. The number of aromatic nitrogens is 1. The molecule has 0 saturated heterocycles. The van der Waals surface area contributed by atoms with Crippen molar-refractivity contribution >= 4 is 40.1 Å². The number of carboxylic acid groups (broad SMARTS) is 1.